The minimum Gasteiger partial charge on any atom is -0.385 e. The first kappa shape index (κ1) is 13.5. The molecule has 0 aromatic rings. The van der Waals surface area contributed by atoms with E-state index in [9.17, 15) is 8.42 Å². The molecule has 5 nitrogen and oxygen atoms in total. The maximum Gasteiger partial charge on any atom is 0.306 e. The first-order valence-corrected chi connectivity index (χ1v) is 7.11. The summed E-state index contributed by atoms with van der Waals surface area (Å²) in [5.74, 6) is 0.289. The van der Waals surface area contributed by atoms with Gasteiger partial charge in [0.25, 0.3) is 0 Å². The Morgan fingerprint density at radius 3 is 2.75 bits per heavy atom. The predicted molar refractivity (Wildman–Crippen MR) is 59.2 cm³/mol. The third-order valence-electron chi connectivity index (χ3n) is 2.13. The van der Waals surface area contributed by atoms with Crippen LogP contribution in [0.5, 0.6) is 0 Å². The molecule has 0 N–H and O–H groups in total. The summed E-state index contributed by atoms with van der Waals surface area (Å²) < 4.78 is 37.3. The molecule has 1 heterocycles. The fourth-order valence-corrected chi connectivity index (χ4v) is 1.90. The molecule has 1 saturated heterocycles. The van der Waals surface area contributed by atoms with Crippen LogP contribution in [0.25, 0.3) is 0 Å². The van der Waals surface area contributed by atoms with Gasteiger partial charge in [-0.2, -0.15) is 8.42 Å². The largest absolute Gasteiger partial charge is 0.385 e. The molecular formula is C10H18O5S. The second-order valence-corrected chi connectivity index (χ2v) is 5.22. The second kappa shape index (κ2) is 6.22. The maximum atomic E-state index is 10.9. The number of ether oxygens (including phenoxy) is 2. The van der Waals surface area contributed by atoms with E-state index < -0.39 is 10.1 Å². The van der Waals surface area contributed by atoms with E-state index in [1.165, 1.54) is 0 Å². The monoisotopic (exact) mass is 250 g/mol. The number of allylic oxidation sites excluding steroid dienone is 1. The Hall–Kier alpha value is -0.590. The molecule has 1 aliphatic heterocycles. The summed E-state index contributed by atoms with van der Waals surface area (Å²) in [6.45, 7) is 2.52. The van der Waals surface area contributed by atoms with Crippen LogP contribution in [-0.2, 0) is 23.8 Å². The molecule has 0 aromatic heterocycles. The molecule has 1 fully saturated rings. The van der Waals surface area contributed by atoms with E-state index in [0.29, 0.717) is 6.61 Å². The summed E-state index contributed by atoms with van der Waals surface area (Å²) >= 11 is 0. The van der Waals surface area contributed by atoms with E-state index in [2.05, 4.69) is 0 Å². The highest BCUT2D eigenvalue weighted by Gasteiger charge is 2.15. The van der Waals surface area contributed by atoms with Crippen LogP contribution in [0.2, 0.25) is 0 Å². The Bertz CT molecular complexity index is 327. The van der Waals surface area contributed by atoms with Gasteiger partial charge in [0.1, 0.15) is 12.4 Å². The lowest BCUT2D eigenvalue weighted by Crippen LogP contribution is -2.23. The summed E-state index contributed by atoms with van der Waals surface area (Å²) in [6.07, 6.45) is 5.30. The van der Waals surface area contributed by atoms with Gasteiger partial charge in [0.05, 0.1) is 6.26 Å². The fourth-order valence-electron chi connectivity index (χ4n) is 1.37. The van der Waals surface area contributed by atoms with Crippen LogP contribution in [0.15, 0.2) is 11.8 Å². The van der Waals surface area contributed by atoms with E-state index in [-0.39, 0.29) is 18.7 Å². The quantitative estimate of drug-likeness (QED) is 0.545. The van der Waals surface area contributed by atoms with Crippen molar-refractivity contribution in [1.82, 2.24) is 0 Å². The molecule has 16 heavy (non-hydrogen) atoms. The second-order valence-electron chi connectivity index (χ2n) is 3.65. The molecule has 94 valence electrons. The third-order valence-corrected chi connectivity index (χ3v) is 2.65. The topological polar surface area (TPSA) is 61.8 Å². The van der Waals surface area contributed by atoms with E-state index >= 15 is 0 Å². The van der Waals surface area contributed by atoms with Crippen LogP contribution in [-0.4, -0.2) is 34.2 Å². The molecule has 0 saturated carbocycles. The van der Waals surface area contributed by atoms with Gasteiger partial charge in [-0.05, 0) is 32.3 Å². The van der Waals surface area contributed by atoms with Crippen LogP contribution in [0.3, 0.4) is 0 Å². The summed E-state index contributed by atoms with van der Waals surface area (Å²) in [7, 11) is -3.48. The highest BCUT2D eigenvalue weighted by molar-refractivity contribution is 7.86. The molecule has 0 aliphatic carbocycles. The van der Waals surface area contributed by atoms with Crippen molar-refractivity contribution in [2.24, 2.45) is 0 Å². The van der Waals surface area contributed by atoms with Crippen LogP contribution in [0.1, 0.15) is 26.2 Å². The van der Waals surface area contributed by atoms with E-state index in [1.807, 2.05) is 0 Å². The van der Waals surface area contributed by atoms with Crippen molar-refractivity contribution in [3.63, 3.8) is 0 Å². The van der Waals surface area contributed by atoms with Gasteiger partial charge in [0.15, 0.2) is 6.29 Å². The highest BCUT2D eigenvalue weighted by Crippen LogP contribution is 2.15. The lowest BCUT2D eigenvalue weighted by Gasteiger charge is -2.22. The van der Waals surface area contributed by atoms with Gasteiger partial charge < -0.3 is 13.7 Å². The molecule has 0 aromatic carbocycles. The Morgan fingerprint density at radius 2 is 2.25 bits per heavy atom. The van der Waals surface area contributed by atoms with Crippen molar-refractivity contribution in [2.75, 3.05) is 19.5 Å². The maximum absolute atomic E-state index is 10.9. The number of hydrogen-bond acceptors (Lipinski definition) is 5. The zero-order chi connectivity index (χ0) is 12.0. The van der Waals surface area contributed by atoms with Gasteiger partial charge in [-0.1, -0.05) is 0 Å². The Morgan fingerprint density at radius 1 is 1.50 bits per heavy atom. The van der Waals surface area contributed by atoms with Gasteiger partial charge in [-0.15, -0.1) is 0 Å². The molecule has 1 unspecified atom stereocenters. The molecule has 0 spiro atoms. The van der Waals surface area contributed by atoms with Crippen LogP contribution in [0, 0.1) is 0 Å². The third kappa shape index (κ3) is 5.48. The molecule has 6 heteroatoms. The van der Waals surface area contributed by atoms with Gasteiger partial charge in [0.2, 0.25) is 0 Å². The highest BCUT2D eigenvalue weighted by atomic mass is 32.2. The van der Waals surface area contributed by atoms with Crippen LogP contribution < -0.4 is 0 Å². The Kier molecular flexibility index (Phi) is 5.24. The molecule has 1 aliphatic rings. The van der Waals surface area contributed by atoms with Crippen molar-refractivity contribution in [1.29, 1.82) is 0 Å². The predicted octanol–water partition coefficient (Wildman–Crippen LogP) is 1.41. The van der Waals surface area contributed by atoms with Gasteiger partial charge in [-0.25, -0.2) is 0 Å². The zero-order valence-corrected chi connectivity index (χ0v) is 10.5. The standard InChI is InChI=1S/C10H18O5S/c1-3-9(15-16(2,11)12)8-14-10-6-4-5-7-13-10/h3,10H,4-8H2,1-2H3. The van der Waals surface area contributed by atoms with Crippen molar-refractivity contribution < 1.29 is 22.1 Å². The lowest BCUT2D eigenvalue weighted by atomic mass is 10.2. The normalized spacial score (nSPS) is 23.1. The zero-order valence-electron chi connectivity index (χ0n) is 9.64. The van der Waals surface area contributed by atoms with E-state index in [4.69, 9.17) is 13.7 Å². The minimum absolute atomic E-state index is 0.119. The molecule has 0 radical (unpaired) electrons. The van der Waals surface area contributed by atoms with Crippen LogP contribution >= 0.6 is 0 Å². The first-order chi connectivity index (χ1) is 7.51. The lowest BCUT2D eigenvalue weighted by molar-refractivity contribution is -0.159. The summed E-state index contributed by atoms with van der Waals surface area (Å²) in [6, 6.07) is 0. The number of hydrogen-bond donors (Lipinski definition) is 0. The van der Waals surface area contributed by atoms with Crippen molar-refractivity contribution in [3.8, 4) is 0 Å². The van der Waals surface area contributed by atoms with Crippen molar-refractivity contribution >= 4 is 10.1 Å². The molecule has 1 atom stereocenters. The van der Waals surface area contributed by atoms with Crippen LogP contribution in [0.4, 0.5) is 0 Å². The average molecular weight is 250 g/mol. The first-order valence-electron chi connectivity index (χ1n) is 5.29. The molecule has 1 rings (SSSR count). The Labute approximate surface area is 96.5 Å². The van der Waals surface area contributed by atoms with Gasteiger partial charge in [-0.3, -0.25) is 0 Å². The van der Waals surface area contributed by atoms with Gasteiger partial charge >= 0.3 is 10.1 Å². The summed E-state index contributed by atoms with van der Waals surface area (Å²) in [5.41, 5.74) is 0. The molecular weight excluding hydrogens is 232 g/mol. The number of rotatable bonds is 5. The minimum atomic E-state index is -3.48. The molecule has 0 bridgehead atoms. The smallest absolute Gasteiger partial charge is 0.306 e. The molecule has 0 amide bonds. The van der Waals surface area contributed by atoms with E-state index in [0.717, 1.165) is 25.5 Å². The SMILES string of the molecule is CC=C(COC1CCCCO1)OS(C)(=O)=O. The van der Waals surface area contributed by atoms with Crippen molar-refractivity contribution in [3.05, 3.63) is 11.8 Å². The van der Waals surface area contributed by atoms with Crippen molar-refractivity contribution in [2.45, 2.75) is 32.5 Å². The average Bonchev–Trinajstić information content (AvgIpc) is 2.24. The summed E-state index contributed by atoms with van der Waals surface area (Å²) in [5, 5.41) is 0. The summed E-state index contributed by atoms with van der Waals surface area (Å²) in [4.78, 5) is 0. The van der Waals surface area contributed by atoms with E-state index in [1.54, 1.807) is 13.0 Å². The Balaban J connectivity index is 2.34. The fraction of sp³-hybridized carbons (Fsp3) is 0.800. The van der Waals surface area contributed by atoms with Gasteiger partial charge in [0, 0.05) is 6.61 Å².